The fourth-order valence-corrected chi connectivity index (χ4v) is 8.11. The molecule has 2 nitrogen and oxygen atoms in total. The largest absolute Gasteiger partial charge is 0.307 e. The van der Waals surface area contributed by atoms with Gasteiger partial charge < -0.3 is 4.40 Å². The lowest BCUT2D eigenvalue weighted by molar-refractivity contribution is -0.643. The first-order valence-electron chi connectivity index (χ1n) is 14.3. The molecule has 0 atom stereocenters. The van der Waals surface area contributed by atoms with Gasteiger partial charge in [-0.05, 0) is 71.3 Å². The van der Waals surface area contributed by atoms with Crippen molar-refractivity contribution in [3.63, 3.8) is 0 Å². The van der Waals surface area contributed by atoms with E-state index in [1.165, 1.54) is 81.6 Å². The number of benzene rings is 4. The summed E-state index contributed by atoms with van der Waals surface area (Å²) in [6.07, 6.45) is 3.33. The standard InChI is InChI=1S/C36H39N2Si/c1-21-16-29-27-12-10-23(20-36(3,4)5)17-30(27)38-31-19-24-18-25(39(7,8)9)11-13-26(24)28-14-15-37(6)35(33(28)31)32(22(21)2)34(29)38/h10-19H,20H2,1-9H3/q+1. The molecule has 0 fully saturated rings. The molecule has 3 heterocycles. The number of rotatable bonds is 2. The van der Waals surface area contributed by atoms with Gasteiger partial charge in [0.1, 0.15) is 7.05 Å². The number of aryl methyl sites for hydroxylation is 3. The molecule has 0 aliphatic rings. The Morgan fingerprint density at radius 3 is 2.23 bits per heavy atom. The Balaban J connectivity index is 1.79. The zero-order valence-electron chi connectivity index (χ0n) is 24.9. The molecule has 0 unspecified atom stereocenters. The molecule has 0 aliphatic carbocycles. The molecule has 0 aliphatic heterocycles. The van der Waals surface area contributed by atoms with Crippen molar-refractivity contribution in [2.75, 3.05) is 0 Å². The van der Waals surface area contributed by atoms with Gasteiger partial charge in [0.25, 0.3) is 0 Å². The van der Waals surface area contributed by atoms with E-state index in [9.17, 15) is 0 Å². The van der Waals surface area contributed by atoms with Crippen LogP contribution in [0.3, 0.4) is 0 Å². The van der Waals surface area contributed by atoms with Gasteiger partial charge >= 0.3 is 0 Å². The van der Waals surface area contributed by atoms with E-state index in [0.29, 0.717) is 0 Å². The fraction of sp³-hybridized carbons (Fsp3) is 0.306. The maximum absolute atomic E-state index is 2.61. The summed E-state index contributed by atoms with van der Waals surface area (Å²) in [7, 11) is 0.769. The quantitative estimate of drug-likeness (QED) is 0.0919. The van der Waals surface area contributed by atoms with Gasteiger partial charge in [0.05, 0.1) is 35.4 Å². The topological polar surface area (TPSA) is 8.29 Å². The Labute approximate surface area is 232 Å². The first kappa shape index (κ1) is 24.6. The zero-order valence-corrected chi connectivity index (χ0v) is 25.9. The zero-order chi connectivity index (χ0) is 27.6. The van der Waals surface area contributed by atoms with Crippen molar-refractivity contribution >= 4 is 73.0 Å². The van der Waals surface area contributed by atoms with Gasteiger partial charge in [-0.15, -0.1) is 0 Å². The second kappa shape index (κ2) is 7.82. The highest BCUT2D eigenvalue weighted by atomic mass is 28.3. The Bertz CT molecular complexity index is 2130. The van der Waals surface area contributed by atoms with E-state index in [-0.39, 0.29) is 5.41 Å². The van der Waals surface area contributed by atoms with Crippen LogP contribution in [0.15, 0.2) is 60.8 Å². The van der Waals surface area contributed by atoms with E-state index in [2.05, 4.69) is 131 Å². The van der Waals surface area contributed by atoms with Crippen LogP contribution in [-0.4, -0.2) is 12.5 Å². The number of aromatic nitrogens is 2. The Kier molecular flexibility index (Phi) is 4.93. The lowest BCUT2D eigenvalue weighted by Crippen LogP contribution is -2.37. The molecule has 0 amide bonds. The summed E-state index contributed by atoms with van der Waals surface area (Å²) in [5.41, 5.74) is 9.74. The maximum Gasteiger partial charge on any atom is 0.224 e. The molecule has 39 heavy (non-hydrogen) atoms. The van der Waals surface area contributed by atoms with E-state index < -0.39 is 8.07 Å². The molecule has 0 N–H and O–H groups in total. The van der Waals surface area contributed by atoms with Crippen molar-refractivity contribution in [3.05, 3.63) is 77.5 Å². The van der Waals surface area contributed by atoms with Crippen LogP contribution in [0.1, 0.15) is 37.5 Å². The third kappa shape index (κ3) is 3.48. The summed E-state index contributed by atoms with van der Waals surface area (Å²) < 4.78 is 4.95. The Morgan fingerprint density at radius 1 is 0.769 bits per heavy atom. The maximum atomic E-state index is 2.61. The molecular formula is C36H39N2Si+. The highest BCUT2D eigenvalue weighted by molar-refractivity contribution is 6.88. The van der Waals surface area contributed by atoms with Crippen molar-refractivity contribution in [2.24, 2.45) is 12.5 Å². The van der Waals surface area contributed by atoms with Crippen LogP contribution < -0.4 is 9.75 Å². The van der Waals surface area contributed by atoms with E-state index in [4.69, 9.17) is 0 Å². The van der Waals surface area contributed by atoms with E-state index >= 15 is 0 Å². The lowest BCUT2D eigenvalue weighted by atomic mass is 9.88. The van der Waals surface area contributed by atoms with Gasteiger partial charge in [-0.25, -0.2) is 4.57 Å². The minimum Gasteiger partial charge on any atom is -0.307 e. The highest BCUT2D eigenvalue weighted by Gasteiger charge is 2.26. The summed E-state index contributed by atoms with van der Waals surface area (Å²) in [6.45, 7) is 18.9. The normalized spacial score (nSPS) is 13.4. The number of nitrogens with zero attached hydrogens (tertiary/aromatic N) is 2. The van der Waals surface area contributed by atoms with Crippen LogP contribution in [-0.2, 0) is 13.5 Å². The summed E-state index contributed by atoms with van der Waals surface area (Å²) in [5.74, 6) is 0. The van der Waals surface area contributed by atoms with Gasteiger partial charge in [0, 0.05) is 22.2 Å². The highest BCUT2D eigenvalue weighted by Crippen LogP contribution is 2.43. The minimum absolute atomic E-state index is 0.240. The first-order valence-corrected chi connectivity index (χ1v) is 17.8. The molecule has 0 saturated carbocycles. The average Bonchev–Trinajstić information content (AvgIpc) is 3.16. The van der Waals surface area contributed by atoms with Crippen LogP contribution in [0.5, 0.6) is 0 Å². The number of hydrogen-bond donors (Lipinski definition) is 0. The van der Waals surface area contributed by atoms with E-state index in [0.717, 1.165) is 6.42 Å². The van der Waals surface area contributed by atoms with Crippen molar-refractivity contribution in [2.45, 2.75) is 60.7 Å². The van der Waals surface area contributed by atoms with Crippen molar-refractivity contribution in [1.82, 2.24) is 4.40 Å². The van der Waals surface area contributed by atoms with Crippen molar-refractivity contribution in [1.29, 1.82) is 0 Å². The van der Waals surface area contributed by atoms with Crippen LogP contribution in [0, 0.1) is 19.3 Å². The average molecular weight is 528 g/mol. The van der Waals surface area contributed by atoms with Crippen LogP contribution in [0.25, 0.3) is 59.8 Å². The van der Waals surface area contributed by atoms with Crippen LogP contribution in [0.4, 0.5) is 0 Å². The van der Waals surface area contributed by atoms with Crippen LogP contribution in [0.2, 0.25) is 19.6 Å². The molecule has 0 radical (unpaired) electrons. The third-order valence-electron chi connectivity index (χ3n) is 8.93. The molecule has 3 aromatic heterocycles. The van der Waals surface area contributed by atoms with Crippen molar-refractivity contribution in [3.8, 4) is 0 Å². The van der Waals surface area contributed by atoms with Crippen molar-refractivity contribution < 1.29 is 4.57 Å². The summed E-state index contributed by atoms with van der Waals surface area (Å²) >= 11 is 0. The molecule has 4 aromatic carbocycles. The second-order valence-electron chi connectivity index (χ2n) is 14.2. The molecule has 7 rings (SSSR count). The molecule has 7 aromatic rings. The predicted molar refractivity (Wildman–Crippen MR) is 173 cm³/mol. The molecule has 196 valence electrons. The fourth-order valence-electron chi connectivity index (χ4n) is 6.94. The summed E-state index contributed by atoms with van der Waals surface area (Å²) in [6, 6.07) is 21.7. The summed E-state index contributed by atoms with van der Waals surface area (Å²) in [4.78, 5) is 0. The molecule has 3 heteroatoms. The van der Waals surface area contributed by atoms with Crippen LogP contribution >= 0.6 is 0 Å². The second-order valence-corrected chi connectivity index (χ2v) is 19.2. The molecule has 0 bridgehead atoms. The van der Waals surface area contributed by atoms with Gasteiger partial charge in [0.15, 0.2) is 6.20 Å². The van der Waals surface area contributed by atoms with Gasteiger partial charge in [-0.1, -0.05) is 75.9 Å². The smallest absolute Gasteiger partial charge is 0.224 e. The number of pyridine rings is 2. The number of fused-ring (bicyclic) bond motifs is 7. The number of hydrogen-bond acceptors (Lipinski definition) is 0. The summed E-state index contributed by atoms with van der Waals surface area (Å²) in [5, 5.41) is 11.0. The minimum atomic E-state index is -1.44. The first-order chi connectivity index (χ1) is 18.3. The molecule has 0 saturated heterocycles. The van der Waals surface area contributed by atoms with Gasteiger partial charge in [-0.2, -0.15) is 0 Å². The van der Waals surface area contributed by atoms with E-state index in [1.807, 2.05) is 0 Å². The third-order valence-corrected chi connectivity index (χ3v) is 11.0. The SMILES string of the molecule is Cc1cc2c3ccc(CC(C)(C)C)cc3n3c4cc5cc([Si](C)(C)C)ccc5c5cc[n+](C)c(c(c1C)c23)c54. The predicted octanol–water partition coefficient (Wildman–Crippen LogP) is 8.72. The Morgan fingerprint density at radius 2 is 1.51 bits per heavy atom. The lowest BCUT2D eigenvalue weighted by Gasteiger charge is -2.19. The molecule has 0 spiro atoms. The van der Waals surface area contributed by atoms with Gasteiger partial charge in [-0.3, -0.25) is 0 Å². The Hall–Kier alpha value is -3.43. The monoisotopic (exact) mass is 527 g/mol. The van der Waals surface area contributed by atoms with E-state index in [1.54, 1.807) is 0 Å². The van der Waals surface area contributed by atoms with Gasteiger partial charge in [0.2, 0.25) is 5.52 Å². The molecular weight excluding hydrogens is 488 g/mol.